The predicted octanol–water partition coefficient (Wildman–Crippen LogP) is 5.06. The zero-order valence-electron chi connectivity index (χ0n) is 15.2. The van der Waals surface area contributed by atoms with Gasteiger partial charge in [-0.25, -0.2) is 0 Å². The zero-order valence-corrected chi connectivity index (χ0v) is 16.0. The van der Waals surface area contributed by atoms with Gasteiger partial charge in [-0.2, -0.15) is 0 Å². The van der Waals surface area contributed by atoms with Gasteiger partial charge in [-0.05, 0) is 54.4 Å². The molecule has 4 heteroatoms. The number of hydrogen-bond acceptors (Lipinski definition) is 2. The van der Waals surface area contributed by atoms with Crippen LogP contribution in [0.15, 0.2) is 66.7 Å². The second kappa shape index (κ2) is 8.12. The average Bonchev–Trinajstić information content (AvgIpc) is 3.23. The van der Waals surface area contributed by atoms with Crippen molar-refractivity contribution in [2.45, 2.75) is 18.9 Å². The lowest BCUT2D eigenvalue weighted by atomic mass is 10.0. The molecule has 0 unspecified atom stereocenters. The Labute approximate surface area is 164 Å². The average molecular weight is 379 g/mol. The Morgan fingerprint density at radius 1 is 0.963 bits per heavy atom. The van der Waals surface area contributed by atoms with Crippen molar-refractivity contribution in [1.82, 2.24) is 10.2 Å². The van der Waals surface area contributed by atoms with E-state index in [0.29, 0.717) is 12.1 Å². The Kier molecular flexibility index (Phi) is 5.42. The van der Waals surface area contributed by atoms with Crippen molar-refractivity contribution in [3.05, 3.63) is 82.9 Å². The lowest BCUT2D eigenvalue weighted by molar-refractivity contribution is 0.0939. The third kappa shape index (κ3) is 3.85. The van der Waals surface area contributed by atoms with Gasteiger partial charge in [0, 0.05) is 17.1 Å². The summed E-state index contributed by atoms with van der Waals surface area (Å²) in [5.41, 5.74) is 1.80. The van der Waals surface area contributed by atoms with Crippen molar-refractivity contribution in [2.24, 2.45) is 0 Å². The summed E-state index contributed by atoms with van der Waals surface area (Å²) >= 11 is 6.47. The Morgan fingerprint density at radius 3 is 2.48 bits per heavy atom. The minimum Gasteiger partial charge on any atom is -0.350 e. The number of amides is 1. The van der Waals surface area contributed by atoms with E-state index in [1.165, 1.54) is 12.8 Å². The Balaban J connectivity index is 1.57. The van der Waals surface area contributed by atoms with E-state index in [9.17, 15) is 4.79 Å². The monoisotopic (exact) mass is 378 g/mol. The largest absolute Gasteiger partial charge is 0.350 e. The molecule has 1 heterocycles. The molecule has 0 aromatic heterocycles. The first-order valence-electron chi connectivity index (χ1n) is 9.48. The van der Waals surface area contributed by atoms with E-state index in [2.05, 4.69) is 16.3 Å². The number of hydrogen-bond donors (Lipinski definition) is 1. The smallest absolute Gasteiger partial charge is 0.251 e. The molecule has 0 bridgehead atoms. The van der Waals surface area contributed by atoms with Crippen LogP contribution in [0.5, 0.6) is 0 Å². The van der Waals surface area contributed by atoms with Gasteiger partial charge in [0.2, 0.25) is 0 Å². The quantitative estimate of drug-likeness (QED) is 0.673. The standard InChI is InChI=1S/C23H23ClN2O/c24-21-13-4-3-11-20(21)22(26-14-5-6-15-26)16-25-23(27)19-12-7-9-17-8-1-2-10-18(17)19/h1-4,7-13,22H,5-6,14-16H2,(H,25,27)/t22-/m1/s1. The maximum absolute atomic E-state index is 12.9. The van der Waals surface area contributed by atoms with Gasteiger partial charge in [0.05, 0.1) is 6.04 Å². The number of benzene rings is 3. The van der Waals surface area contributed by atoms with Crippen LogP contribution in [0.1, 0.15) is 34.8 Å². The molecule has 1 amide bonds. The van der Waals surface area contributed by atoms with E-state index in [1.807, 2.05) is 60.7 Å². The fourth-order valence-corrected chi connectivity index (χ4v) is 4.20. The number of nitrogens with zero attached hydrogens (tertiary/aromatic N) is 1. The minimum atomic E-state index is -0.0388. The molecule has 3 nitrogen and oxygen atoms in total. The number of carbonyl (C=O) groups excluding carboxylic acids is 1. The highest BCUT2D eigenvalue weighted by molar-refractivity contribution is 6.31. The van der Waals surface area contributed by atoms with Gasteiger partial charge in [0.25, 0.3) is 5.91 Å². The summed E-state index contributed by atoms with van der Waals surface area (Å²) in [7, 11) is 0. The molecule has 1 aliphatic heterocycles. The number of rotatable bonds is 5. The Morgan fingerprint density at radius 2 is 1.67 bits per heavy atom. The first-order valence-corrected chi connectivity index (χ1v) is 9.86. The van der Waals surface area contributed by atoms with Crippen LogP contribution in [-0.2, 0) is 0 Å². The number of carbonyl (C=O) groups is 1. The third-order valence-electron chi connectivity index (χ3n) is 5.34. The highest BCUT2D eigenvalue weighted by Gasteiger charge is 2.25. The second-order valence-electron chi connectivity index (χ2n) is 7.02. The molecule has 0 saturated carbocycles. The van der Waals surface area contributed by atoms with Gasteiger partial charge in [-0.15, -0.1) is 0 Å². The topological polar surface area (TPSA) is 32.3 Å². The van der Waals surface area contributed by atoms with Crippen LogP contribution in [0.25, 0.3) is 10.8 Å². The van der Waals surface area contributed by atoms with Crippen molar-refractivity contribution in [1.29, 1.82) is 0 Å². The molecule has 3 aromatic carbocycles. The molecule has 4 rings (SSSR count). The van der Waals surface area contributed by atoms with Crippen LogP contribution in [0.3, 0.4) is 0 Å². The Bertz CT molecular complexity index is 945. The molecule has 0 spiro atoms. The maximum Gasteiger partial charge on any atom is 0.251 e. The maximum atomic E-state index is 12.9. The van der Waals surface area contributed by atoms with E-state index in [1.54, 1.807) is 0 Å². The molecular weight excluding hydrogens is 356 g/mol. The molecule has 3 aromatic rings. The number of nitrogens with one attached hydrogen (secondary N) is 1. The number of fused-ring (bicyclic) bond motifs is 1. The Hall–Kier alpha value is -2.36. The van der Waals surface area contributed by atoms with E-state index in [-0.39, 0.29) is 11.9 Å². The van der Waals surface area contributed by atoms with E-state index in [0.717, 1.165) is 34.4 Å². The zero-order chi connectivity index (χ0) is 18.6. The summed E-state index contributed by atoms with van der Waals surface area (Å²) < 4.78 is 0. The first-order chi connectivity index (χ1) is 13.2. The molecule has 1 saturated heterocycles. The van der Waals surface area contributed by atoms with Crippen molar-refractivity contribution in [3.8, 4) is 0 Å². The van der Waals surface area contributed by atoms with Gasteiger partial charge >= 0.3 is 0 Å². The summed E-state index contributed by atoms with van der Waals surface area (Å²) in [6.45, 7) is 2.63. The minimum absolute atomic E-state index is 0.0388. The van der Waals surface area contributed by atoms with Crippen LogP contribution < -0.4 is 5.32 Å². The van der Waals surface area contributed by atoms with Crippen molar-refractivity contribution < 1.29 is 4.79 Å². The first kappa shape index (κ1) is 18.0. The molecule has 1 aliphatic rings. The van der Waals surface area contributed by atoms with Gasteiger partial charge in [0.1, 0.15) is 0 Å². The molecule has 0 aliphatic carbocycles. The van der Waals surface area contributed by atoms with E-state index in [4.69, 9.17) is 11.6 Å². The van der Waals surface area contributed by atoms with Gasteiger partial charge in [0.15, 0.2) is 0 Å². The number of halogens is 1. The van der Waals surface area contributed by atoms with Crippen molar-refractivity contribution >= 4 is 28.3 Å². The van der Waals surface area contributed by atoms with E-state index < -0.39 is 0 Å². The predicted molar refractivity (Wildman–Crippen MR) is 111 cm³/mol. The fourth-order valence-electron chi connectivity index (χ4n) is 3.94. The molecule has 1 atom stereocenters. The normalized spacial score (nSPS) is 15.7. The molecule has 138 valence electrons. The summed E-state index contributed by atoms with van der Waals surface area (Å²) in [5, 5.41) is 5.97. The summed E-state index contributed by atoms with van der Waals surface area (Å²) in [4.78, 5) is 15.4. The third-order valence-corrected chi connectivity index (χ3v) is 5.68. The highest BCUT2D eigenvalue weighted by atomic mass is 35.5. The molecular formula is C23H23ClN2O. The van der Waals surface area contributed by atoms with Crippen LogP contribution in [-0.4, -0.2) is 30.4 Å². The highest BCUT2D eigenvalue weighted by Crippen LogP contribution is 2.30. The molecule has 0 radical (unpaired) electrons. The van der Waals surface area contributed by atoms with Gasteiger partial charge in [-0.1, -0.05) is 66.2 Å². The molecule has 1 N–H and O–H groups in total. The van der Waals surface area contributed by atoms with E-state index >= 15 is 0 Å². The second-order valence-corrected chi connectivity index (χ2v) is 7.42. The van der Waals surface area contributed by atoms with Crippen molar-refractivity contribution in [2.75, 3.05) is 19.6 Å². The van der Waals surface area contributed by atoms with Gasteiger partial charge in [-0.3, -0.25) is 9.69 Å². The van der Waals surface area contributed by atoms with Crippen LogP contribution in [0.2, 0.25) is 5.02 Å². The number of likely N-dealkylation sites (tertiary alicyclic amines) is 1. The summed E-state index contributed by atoms with van der Waals surface area (Å²) in [5.74, 6) is -0.0388. The lowest BCUT2D eigenvalue weighted by Gasteiger charge is -2.29. The van der Waals surface area contributed by atoms with Crippen LogP contribution in [0, 0.1) is 0 Å². The summed E-state index contributed by atoms with van der Waals surface area (Å²) in [6, 6.07) is 21.9. The van der Waals surface area contributed by atoms with Crippen LogP contribution in [0.4, 0.5) is 0 Å². The summed E-state index contributed by atoms with van der Waals surface area (Å²) in [6.07, 6.45) is 2.39. The molecule has 1 fully saturated rings. The molecule has 27 heavy (non-hydrogen) atoms. The fraction of sp³-hybridized carbons (Fsp3) is 0.261. The van der Waals surface area contributed by atoms with Crippen molar-refractivity contribution in [3.63, 3.8) is 0 Å². The van der Waals surface area contributed by atoms with Gasteiger partial charge < -0.3 is 5.32 Å². The van der Waals surface area contributed by atoms with Crippen LogP contribution >= 0.6 is 11.6 Å². The SMILES string of the molecule is O=C(NC[C@H](c1ccccc1Cl)N1CCCC1)c1cccc2ccccc12. The lowest BCUT2D eigenvalue weighted by Crippen LogP contribution is -2.37.